The first-order valence-electron chi connectivity index (χ1n) is 5.96. The molecule has 4 heteroatoms. The number of rotatable bonds is 6. The van der Waals surface area contributed by atoms with E-state index in [2.05, 4.69) is 15.9 Å². The van der Waals surface area contributed by atoms with Gasteiger partial charge in [-0.3, -0.25) is 4.79 Å². The molecule has 0 saturated heterocycles. The van der Waals surface area contributed by atoms with Crippen LogP contribution in [0.15, 0.2) is 24.3 Å². The highest BCUT2D eigenvalue weighted by molar-refractivity contribution is 9.09. The van der Waals surface area contributed by atoms with Crippen LogP contribution in [-0.4, -0.2) is 42.9 Å². The normalized spacial score (nSPS) is 12.2. The van der Waals surface area contributed by atoms with E-state index in [0.717, 1.165) is 11.1 Å². The predicted octanol–water partition coefficient (Wildman–Crippen LogP) is 2.41. The van der Waals surface area contributed by atoms with E-state index in [1.807, 2.05) is 38.2 Å². The third kappa shape index (κ3) is 4.78. The second kappa shape index (κ2) is 7.54. The number of ether oxygens (including phenoxy) is 1. The molecule has 3 nitrogen and oxygen atoms in total. The molecule has 0 N–H and O–H groups in total. The maximum Gasteiger partial charge on any atom is 0.226 e. The predicted molar refractivity (Wildman–Crippen MR) is 77.1 cm³/mol. The Morgan fingerprint density at radius 1 is 1.44 bits per heavy atom. The van der Waals surface area contributed by atoms with Crippen LogP contribution in [0.25, 0.3) is 0 Å². The lowest BCUT2D eigenvalue weighted by Crippen LogP contribution is -2.34. The molecule has 1 unspecified atom stereocenters. The summed E-state index contributed by atoms with van der Waals surface area (Å²) in [6.45, 7) is 3.28. The summed E-state index contributed by atoms with van der Waals surface area (Å²) in [6, 6.07) is 7.98. The van der Waals surface area contributed by atoms with Crippen molar-refractivity contribution in [3.8, 4) is 0 Å². The van der Waals surface area contributed by atoms with Gasteiger partial charge in [-0.15, -0.1) is 0 Å². The van der Waals surface area contributed by atoms with E-state index in [0.29, 0.717) is 19.6 Å². The van der Waals surface area contributed by atoms with Crippen LogP contribution in [0.3, 0.4) is 0 Å². The zero-order valence-corrected chi connectivity index (χ0v) is 12.7. The van der Waals surface area contributed by atoms with Crippen molar-refractivity contribution in [2.45, 2.75) is 18.2 Å². The molecule has 1 atom stereocenters. The molecule has 0 radical (unpaired) electrons. The molecule has 0 saturated carbocycles. The van der Waals surface area contributed by atoms with Crippen LogP contribution in [-0.2, 0) is 16.0 Å². The number of amides is 1. The summed E-state index contributed by atoms with van der Waals surface area (Å²) in [5.41, 5.74) is 2.25. The molecule has 0 heterocycles. The summed E-state index contributed by atoms with van der Waals surface area (Å²) in [5.74, 6) is 0.129. The molecule has 1 rings (SSSR count). The van der Waals surface area contributed by atoms with Crippen LogP contribution in [0.4, 0.5) is 0 Å². The number of aryl methyl sites for hydroxylation is 1. The lowest BCUT2D eigenvalue weighted by atomic mass is 10.1. The average molecular weight is 314 g/mol. The minimum absolute atomic E-state index is 0.129. The topological polar surface area (TPSA) is 29.5 Å². The Bertz CT molecular complexity index is 395. The van der Waals surface area contributed by atoms with E-state index in [9.17, 15) is 4.79 Å². The molecule has 18 heavy (non-hydrogen) atoms. The summed E-state index contributed by atoms with van der Waals surface area (Å²) in [5, 5.41) is 0. The largest absolute Gasteiger partial charge is 0.383 e. The molecule has 0 spiro atoms. The Kier molecular flexibility index (Phi) is 6.36. The molecule has 1 amide bonds. The fraction of sp³-hybridized carbons (Fsp3) is 0.500. The van der Waals surface area contributed by atoms with Crippen molar-refractivity contribution in [3.05, 3.63) is 35.4 Å². The van der Waals surface area contributed by atoms with Gasteiger partial charge in [-0.05, 0) is 18.1 Å². The molecule has 1 aromatic rings. The summed E-state index contributed by atoms with van der Waals surface area (Å²) in [6.07, 6.45) is 0.454. The van der Waals surface area contributed by atoms with Crippen molar-refractivity contribution < 1.29 is 9.53 Å². The van der Waals surface area contributed by atoms with E-state index in [-0.39, 0.29) is 10.7 Å². The van der Waals surface area contributed by atoms with Crippen LogP contribution in [0.2, 0.25) is 0 Å². The minimum atomic E-state index is 0.129. The number of halogens is 1. The molecular weight excluding hydrogens is 294 g/mol. The van der Waals surface area contributed by atoms with Gasteiger partial charge >= 0.3 is 0 Å². The van der Waals surface area contributed by atoms with Gasteiger partial charge in [0.15, 0.2) is 0 Å². The Labute approximate surface area is 117 Å². The van der Waals surface area contributed by atoms with Gasteiger partial charge in [0.2, 0.25) is 5.91 Å². The van der Waals surface area contributed by atoms with Crippen LogP contribution in [0.1, 0.15) is 11.1 Å². The van der Waals surface area contributed by atoms with Gasteiger partial charge in [0.1, 0.15) is 0 Å². The summed E-state index contributed by atoms with van der Waals surface area (Å²) in [4.78, 5) is 14.0. The lowest BCUT2D eigenvalue weighted by molar-refractivity contribution is -0.129. The number of benzene rings is 1. The number of nitrogens with zero attached hydrogens (tertiary/aromatic N) is 1. The zero-order valence-electron chi connectivity index (χ0n) is 11.1. The molecular formula is C14H20BrNO2. The smallest absolute Gasteiger partial charge is 0.226 e. The first-order valence-corrected chi connectivity index (χ1v) is 6.87. The number of carbonyl (C=O) groups excluding carboxylic acids is 1. The molecule has 100 valence electrons. The van der Waals surface area contributed by atoms with Crippen molar-refractivity contribution in [1.29, 1.82) is 0 Å². The van der Waals surface area contributed by atoms with Crippen LogP contribution in [0, 0.1) is 6.92 Å². The zero-order chi connectivity index (χ0) is 13.5. The number of methoxy groups -OCH3 is 1. The second-order valence-corrected chi connectivity index (χ2v) is 5.73. The van der Waals surface area contributed by atoms with Gasteiger partial charge in [-0.25, -0.2) is 0 Å². The van der Waals surface area contributed by atoms with Crippen molar-refractivity contribution >= 4 is 21.8 Å². The molecule has 0 aliphatic rings. The van der Waals surface area contributed by atoms with Crippen molar-refractivity contribution in [1.82, 2.24) is 4.90 Å². The highest BCUT2D eigenvalue weighted by Crippen LogP contribution is 2.10. The number of likely N-dealkylation sites (N-methyl/N-ethyl adjacent to an activating group) is 1. The molecule has 1 aromatic carbocycles. The summed E-state index contributed by atoms with van der Waals surface area (Å²) >= 11 is 3.49. The van der Waals surface area contributed by atoms with E-state index >= 15 is 0 Å². The summed E-state index contributed by atoms with van der Waals surface area (Å²) < 4.78 is 5.04. The Morgan fingerprint density at radius 2 is 2.11 bits per heavy atom. The highest BCUT2D eigenvalue weighted by atomic mass is 79.9. The third-order valence-electron chi connectivity index (χ3n) is 2.85. The maximum absolute atomic E-state index is 12.1. The van der Waals surface area contributed by atoms with Gasteiger partial charge in [-0.1, -0.05) is 40.2 Å². The first-order chi connectivity index (χ1) is 8.54. The molecule has 0 bridgehead atoms. The van der Waals surface area contributed by atoms with Gasteiger partial charge < -0.3 is 9.64 Å². The second-order valence-electron chi connectivity index (χ2n) is 4.43. The molecule has 0 fully saturated rings. The van der Waals surface area contributed by atoms with E-state index < -0.39 is 0 Å². The fourth-order valence-electron chi connectivity index (χ4n) is 1.74. The first kappa shape index (κ1) is 15.2. The lowest BCUT2D eigenvalue weighted by Gasteiger charge is -2.20. The monoisotopic (exact) mass is 313 g/mol. The van der Waals surface area contributed by atoms with E-state index in [1.54, 1.807) is 12.0 Å². The Morgan fingerprint density at radius 3 is 2.72 bits per heavy atom. The Balaban J connectivity index is 2.52. The standard InChI is InChI=1S/C14H20BrNO2/c1-11-6-4-5-7-12(11)8-14(17)16(2)9-13(15)10-18-3/h4-7,13H,8-10H2,1-3H3. The van der Waals surface area contributed by atoms with E-state index in [4.69, 9.17) is 4.74 Å². The molecule has 0 aliphatic carbocycles. The van der Waals surface area contributed by atoms with Gasteiger partial charge in [0.25, 0.3) is 0 Å². The van der Waals surface area contributed by atoms with Gasteiger partial charge in [0.05, 0.1) is 17.9 Å². The Hall–Kier alpha value is -0.870. The summed E-state index contributed by atoms with van der Waals surface area (Å²) in [7, 11) is 3.48. The highest BCUT2D eigenvalue weighted by Gasteiger charge is 2.14. The van der Waals surface area contributed by atoms with Crippen molar-refractivity contribution in [2.24, 2.45) is 0 Å². The average Bonchev–Trinajstić information content (AvgIpc) is 2.32. The van der Waals surface area contributed by atoms with Gasteiger partial charge in [-0.2, -0.15) is 0 Å². The number of hydrogen-bond acceptors (Lipinski definition) is 2. The van der Waals surface area contributed by atoms with Gasteiger partial charge in [0, 0.05) is 20.7 Å². The minimum Gasteiger partial charge on any atom is -0.383 e. The number of alkyl halides is 1. The number of carbonyl (C=O) groups is 1. The molecule has 0 aliphatic heterocycles. The third-order valence-corrected chi connectivity index (χ3v) is 3.40. The van der Waals surface area contributed by atoms with Crippen LogP contribution >= 0.6 is 15.9 Å². The van der Waals surface area contributed by atoms with Crippen LogP contribution < -0.4 is 0 Å². The van der Waals surface area contributed by atoms with E-state index in [1.165, 1.54) is 0 Å². The van der Waals surface area contributed by atoms with Crippen LogP contribution in [0.5, 0.6) is 0 Å². The molecule has 0 aromatic heterocycles. The quantitative estimate of drug-likeness (QED) is 0.755. The van der Waals surface area contributed by atoms with Crippen molar-refractivity contribution in [2.75, 3.05) is 27.3 Å². The fourth-order valence-corrected chi connectivity index (χ4v) is 2.44. The van der Waals surface area contributed by atoms with Crippen molar-refractivity contribution in [3.63, 3.8) is 0 Å². The number of hydrogen-bond donors (Lipinski definition) is 0. The SMILES string of the molecule is COCC(Br)CN(C)C(=O)Cc1ccccc1C. The maximum atomic E-state index is 12.1.